The highest BCUT2D eigenvalue weighted by Gasteiger charge is 2.16. The number of nitro groups is 1. The van der Waals surface area contributed by atoms with Crippen LogP contribution in [0.25, 0.3) is 0 Å². The summed E-state index contributed by atoms with van der Waals surface area (Å²) in [6.07, 6.45) is 5.22. The first-order chi connectivity index (χ1) is 10.1. The fraction of sp³-hybridized carbons (Fsp3) is 0.357. The second-order valence-corrected chi connectivity index (χ2v) is 4.83. The van der Waals surface area contributed by atoms with Crippen LogP contribution in [-0.2, 0) is 6.54 Å². The molecule has 2 aromatic rings. The molecule has 0 fully saturated rings. The van der Waals surface area contributed by atoms with Gasteiger partial charge in [-0.25, -0.2) is 4.98 Å². The number of hydrogen-bond acceptors (Lipinski definition) is 5. The van der Waals surface area contributed by atoms with Crippen molar-refractivity contribution < 1.29 is 9.66 Å². The lowest BCUT2D eigenvalue weighted by molar-refractivity contribution is -0.386. The molecule has 1 heterocycles. The maximum absolute atomic E-state index is 11.0. The maximum Gasteiger partial charge on any atom is 0.311 e. The molecule has 21 heavy (non-hydrogen) atoms. The van der Waals surface area contributed by atoms with Crippen LogP contribution >= 0.6 is 0 Å². The van der Waals surface area contributed by atoms with E-state index in [9.17, 15) is 10.1 Å². The third-order valence-corrected chi connectivity index (χ3v) is 2.78. The maximum atomic E-state index is 11.0. The zero-order valence-electron chi connectivity index (χ0n) is 12.0. The van der Waals surface area contributed by atoms with E-state index in [1.165, 1.54) is 6.07 Å². The predicted octanol–water partition coefficient (Wildman–Crippen LogP) is 2.69. The number of nitrogens with one attached hydrogen (secondary N) is 1. The summed E-state index contributed by atoms with van der Waals surface area (Å²) < 4.78 is 7.45. The zero-order chi connectivity index (χ0) is 15.2. The molecule has 7 heteroatoms. The van der Waals surface area contributed by atoms with Gasteiger partial charge in [0.2, 0.25) is 0 Å². The van der Waals surface area contributed by atoms with Crippen molar-refractivity contribution in [2.24, 2.45) is 0 Å². The Kier molecular flexibility index (Phi) is 4.76. The minimum absolute atomic E-state index is 0.0242. The molecule has 0 aliphatic rings. The third-order valence-electron chi connectivity index (χ3n) is 2.78. The Bertz CT molecular complexity index is 596. The summed E-state index contributed by atoms with van der Waals surface area (Å²) in [6, 6.07) is 4.79. The first-order valence-electron chi connectivity index (χ1n) is 6.71. The number of nitrogens with zero attached hydrogens (tertiary/aromatic N) is 3. The molecule has 1 N–H and O–H groups in total. The molecule has 0 atom stereocenters. The Morgan fingerprint density at radius 1 is 1.48 bits per heavy atom. The van der Waals surface area contributed by atoms with Gasteiger partial charge in [-0.1, -0.05) is 0 Å². The van der Waals surface area contributed by atoms with E-state index in [0.29, 0.717) is 6.54 Å². The summed E-state index contributed by atoms with van der Waals surface area (Å²) in [6.45, 7) is 5.12. The third kappa shape index (κ3) is 4.20. The molecular formula is C14H18N4O3. The van der Waals surface area contributed by atoms with Crippen molar-refractivity contribution in [1.82, 2.24) is 9.55 Å². The van der Waals surface area contributed by atoms with E-state index in [1.807, 2.05) is 24.6 Å². The Balaban J connectivity index is 2.04. The van der Waals surface area contributed by atoms with Crippen molar-refractivity contribution in [2.45, 2.75) is 26.5 Å². The number of nitro benzene ring substituents is 1. The van der Waals surface area contributed by atoms with Crippen LogP contribution in [0.15, 0.2) is 36.9 Å². The topological polar surface area (TPSA) is 82.2 Å². The Morgan fingerprint density at radius 3 is 2.90 bits per heavy atom. The number of anilines is 1. The first kappa shape index (κ1) is 14.8. The van der Waals surface area contributed by atoms with Crippen molar-refractivity contribution in [3.8, 4) is 5.75 Å². The van der Waals surface area contributed by atoms with Crippen LogP contribution in [0.4, 0.5) is 11.4 Å². The molecule has 1 aromatic carbocycles. The molecule has 0 unspecified atom stereocenters. The van der Waals surface area contributed by atoms with Crippen molar-refractivity contribution in [1.29, 1.82) is 0 Å². The van der Waals surface area contributed by atoms with Crippen LogP contribution < -0.4 is 10.1 Å². The molecule has 0 spiro atoms. The van der Waals surface area contributed by atoms with Crippen LogP contribution in [0, 0.1) is 10.1 Å². The summed E-state index contributed by atoms with van der Waals surface area (Å²) in [4.78, 5) is 14.5. The predicted molar refractivity (Wildman–Crippen MR) is 79.6 cm³/mol. The minimum atomic E-state index is -0.438. The number of benzene rings is 1. The lowest BCUT2D eigenvalue weighted by Crippen LogP contribution is -2.11. The van der Waals surface area contributed by atoms with E-state index in [-0.39, 0.29) is 17.5 Å². The van der Waals surface area contributed by atoms with Gasteiger partial charge in [0.1, 0.15) is 0 Å². The van der Waals surface area contributed by atoms with Gasteiger partial charge in [-0.3, -0.25) is 10.1 Å². The van der Waals surface area contributed by atoms with Crippen molar-refractivity contribution >= 4 is 11.4 Å². The molecule has 0 saturated carbocycles. The van der Waals surface area contributed by atoms with Crippen LogP contribution in [0.3, 0.4) is 0 Å². The average Bonchev–Trinajstić information content (AvgIpc) is 2.91. The molecule has 0 aliphatic carbocycles. The van der Waals surface area contributed by atoms with Gasteiger partial charge in [0, 0.05) is 43.3 Å². The van der Waals surface area contributed by atoms with Gasteiger partial charge in [-0.2, -0.15) is 0 Å². The van der Waals surface area contributed by atoms with Crippen molar-refractivity contribution in [2.75, 3.05) is 11.9 Å². The number of rotatable bonds is 7. The molecule has 0 saturated heterocycles. The van der Waals surface area contributed by atoms with Gasteiger partial charge in [0.15, 0.2) is 5.75 Å². The van der Waals surface area contributed by atoms with Crippen molar-refractivity contribution in [3.05, 3.63) is 47.0 Å². The summed E-state index contributed by atoms with van der Waals surface area (Å²) in [5.41, 5.74) is 0.764. The fourth-order valence-electron chi connectivity index (χ4n) is 1.87. The lowest BCUT2D eigenvalue weighted by Gasteiger charge is -2.12. The van der Waals surface area contributed by atoms with Crippen LogP contribution in [0.2, 0.25) is 0 Å². The molecule has 1 aromatic heterocycles. The normalized spacial score (nSPS) is 10.6. The van der Waals surface area contributed by atoms with Gasteiger partial charge < -0.3 is 14.6 Å². The standard InChI is InChI=1S/C14H18N4O3/c1-11(2)21-14-9-12(3-4-13(14)18(19)20)16-6-8-17-7-5-15-10-17/h3-5,7,9-11,16H,6,8H2,1-2H3. The second kappa shape index (κ2) is 6.74. The first-order valence-corrected chi connectivity index (χ1v) is 6.71. The summed E-state index contributed by atoms with van der Waals surface area (Å²) in [5.74, 6) is 0.280. The van der Waals surface area contributed by atoms with Gasteiger partial charge in [0.05, 0.1) is 17.4 Å². The average molecular weight is 290 g/mol. The fourth-order valence-corrected chi connectivity index (χ4v) is 1.87. The summed E-state index contributed by atoms with van der Waals surface area (Å²) in [7, 11) is 0. The van der Waals surface area contributed by atoms with E-state index in [4.69, 9.17) is 4.74 Å². The molecule has 0 aliphatic heterocycles. The van der Waals surface area contributed by atoms with Crippen molar-refractivity contribution in [3.63, 3.8) is 0 Å². The quantitative estimate of drug-likeness (QED) is 0.626. The number of hydrogen-bond donors (Lipinski definition) is 1. The molecule has 0 radical (unpaired) electrons. The smallest absolute Gasteiger partial charge is 0.311 e. The molecule has 7 nitrogen and oxygen atoms in total. The molecule has 0 amide bonds. The minimum Gasteiger partial charge on any atom is -0.484 e. The zero-order valence-corrected chi connectivity index (χ0v) is 12.0. The van der Waals surface area contributed by atoms with Gasteiger partial charge in [-0.15, -0.1) is 0 Å². The van der Waals surface area contributed by atoms with Crippen LogP contribution in [0.1, 0.15) is 13.8 Å². The van der Waals surface area contributed by atoms with Gasteiger partial charge in [0.25, 0.3) is 0 Å². The molecule has 2 rings (SSSR count). The highest BCUT2D eigenvalue weighted by atomic mass is 16.6. The van der Waals surface area contributed by atoms with Crippen LogP contribution in [0.5, 0.6) is 5.75 Å². The number of ether oxygens (including phenoxy) is 1. The lowest BCUT2D eigenvalue weighted by atomic mass is 10.2. The highest BCUT2D eigenvalue weighted by molar-refractivity contribution is 5.58. The van der Waals surface area contributed by atoms with E-state index >= 15 is 0 Å². The highest BCUT2D eigenvalue weighted by Crippen LogP contribution is 2.30. The van der Waals surface area contributed by atoms with Gasteiger partial charge in [-0.05, 0) is 19.9 Å². The van der Waals surface area contributed by atoms with E-state index < -0.39 is 4.92 Å². The second-order valence-electron chi connectivity index (χ2n) is 4.83. The molecule has 112 valence electrons. The van der Waals surface area contributed by atoms with E-state index in [0.717, 1.165) is 12.2 Å². The summed E-state index contributed by atoms with van der Waals surface area (Å²) in [5, 5.41) is 14.2. The molecule has 0 bridgehead atoms. The molecular weight excluding hydrogens is 272 g/mol. The largest absolute Gasteiger partial charge is 0.484 e. The monoisotopic (exact) mass is 290 g/mol. The Hall–Kier alpha value is -2.57. The van der Waals surface area contributed by atoms with Gasteiger partial charge >= 0.3 is 5.69 Å². The van der Waals surface area contributed by atoms with E-state index in [1.54, 1.807) is 24.7 Å². The summed E-state index contributed by atoms with van der Waals surface area (Å²) >= 11 is 0. The SMILES string of the molecule is CC(C)Oc1cc(NCCn2ccnc2)ccc1[N+](=O)[O-]. The van der Waals surface area contributed by atoms with E-state index in [2.05, 4.69) is 10.3 Å². The van der Waals surface area contributed by atoms with Crippen LogP contribution in [-0.4, -0.2) is 27.1 Å². The number of imidazole rings is 1. The number of aromatic nitrogens is 2. The Morgan fingerprint density at radius 2 is 2.29 bits per heavy atom. The Labute approximate surface area is 122 Å².